The van der Waals surface area contributed by atoms with Crippen LogP contribution in [-0.2, 0) is 4.74 Å². The van der Waals surface area contributed by atoms with Gasteiger partial charge in [0, 0.05) is 54.1 Å². The lowest BCUT2D eigenvalue weighted by Gasteiger charge is -2.16. The number of aromatic nitrogens is 3. The van der Waals surface area contributed by atoms with Crippen LogP contribution in [0.15, 0.2) is 77.9 Å². The molecule has 0 atom stereocenters. The van der Waals surface area contributed by atoms with Gasteiger partial charge in [0.2, 0.25) is 0 Å². The predicted octanol–water partition coefficient (Wildman–Crippen LogP) is 5.64. The molecule has 0 spiro atoms. The Balaban J connectivity index is 1.39. The van der Waals surface area contributed by atoms with E-state index in [0.717, 1.165) is 22.8 Å². The Morgan fingerprint density at radius 2 is 1.70 bits per heavy atom. The molecule has 0 saturated heterocycles. The number of methoxy groups -OCH3 is 1. The molecule has 224 valence electrons. The van der Waals surface area contributed by atoms with Crippen molar-refractivity contribution in [3.05, 3.63) is 112 Å². The number of amides is 1. The highest BCUT2D eigenvalue weighted by molar-refractivity contribution is 6.06. The van der Waals surface area contributed by atoms with Crippen LogP contribution in [0, 0.1) is 18.6 Å². The number of nitrogens with zero attached hydrogens (tertiary/aromatic N) is 3. The van der Waals surface area contributed by atoms with Crippen molar-refractivity contribution in [3.8, 4) is 22.9 Å². The minimum Gasteiger partial charge on any atom is -0.489 e. The molecule has 2 aromatic carbocycles. The maximum Gasteiger partial charge on any atom is 0.268 e. The normalized spacial score (nSPS) is 10.9. The third-order valence-electron chi connectivity index (χ3n) is 6.64. The molecule has 3 aromatic heterocycles. The average Bonchev–Trinajstić information content (AvgIpc) is 2.99. The van der Waals surface area contributed by atoms with E-state index in [4.69, 9.17) is 14.2 Å². The Morgan fingerprint density at radius 3 is 2.41 bits per heavy atom. The number of hydrogen-bond acceptors (Lipinski definition) is 8. The molecule has 44 heavy (non-hydrogen) atoms. The average molecular weight is 601 g/mol. The molecule has 5 aromatic rings. The highest BCUT2D eigenvalue weighted by atomic mass is 19.1. The van der Waals surface area contributed by atoms with E-state index in [1.54, 1.807) is 20.1 Å². The second kappa shape index (κ2) is 12.8. The number of hydrogen-bond donors (Lipinski definition) is 1. The fourth-order valence-corrected chi connectivity index (χ4v) is 4.49. The van der Waals surface area contributed by atoms with Gasteiger partial charge >= 0.3 is 0 Å². The first-order valence-corrected chi connectivity index (χ1v) is 13.3. The molecular weight excluding hydrogens is 574 g/mol. The van der Waals surface area contributed by atoms with E-state index in [2.05, 4.69) is 15.3 Å². The van der Waals surface area contributed by atoms with Crippen LogP contribution in [0.4, 0.5) is 14.5 Å². The fourth-order valence-electron chi connectivity index (χ4n) is 4.49. The summed E-state index contributed by atoms with van der Waals surface area (Å²) < 4.78 is 46.1. The van der Waals surface area contributed by atoms with Gasteiger partial charge in [0.25, 0.3) is 11.5 Å². The van der Waals surface area contributed by atoms with Gasteiger partial charge in [0.15, 0.2) is 23.1 Å². The van der Waals surface area contributed by atoms with Gasteiger partial charge in [-0.2, -0.15) is 0 Å². The predicted molar refractivity (Wildman–Crippen MR) is 158 cm³/mol. The van der Waals surface area contributed by atoms with Crippen LogP contribution in [0.2, 0.25) is 0 Å². The molecule has 0 bridgehead atoms. The van der Waals surface area contributed by atoms with Crippen molar-refractivity contribution in [3.63, 3.8) is 0 Å². The Labute approximate surface area is 249 Å². The Hall–Kier alpha value is -5.49. The van der Waals surface area contributed by atoms with Crippen molar-refractivity contribution >= 4 is 28.4 Å². The van der Waals surface area contributed by atoms with Crippen molar-refractivity contribution in [1.82, 2.24) is 14.5 Å². The highest BCUT2D eigenvalue weighted by Gasteiger charge is 2.21. The third kappa shape index (κ3) is 6.30. The monoisotopic (exact) mass is 600 g/mol. The summed E-state index contributed by atoms with van der Waals surface area (Å²) in [5.74, 6) is -1.98. The fraction of sp³-hybridized carbons (Fsp3) is 0.156. The van der Waals surface area contributed by atoms with Crippen LogP contribution in [0.3, 0.4) is 0 Å². The number of anilines is 1. The van der Waals surface area contributed by atoms with Gasteiger partial charge in [-0.3, -0.25) is 23.9 Å². The van der Waals surface area contributed by atoms with Crippen molar-refractivity contribution in [2.75, 3.05) is 25.6 Å². The Morgan fingerprint density at radius 1 is 0.932 bits per heavy atom. The quantitative estimate of drug-likeness (QED) is 0.162. The van der Waals surface area contributed by atoms with Crippen molar-refractivity contribution in [2.24, 2.45) is 0 Å². The van der Waals surface area contributed by atoms with Gasteiger partial charge in [0.1, 0.15) is 29.3 Å². The highest BCUT2D eigenvalue weighted by Crippen LogP contribution is 2.31. The number of ketones is 1. The Bertz CT molecular complexity index is 1940. The Kier molecular flexibility index (Phi) is 8.72. The van der Waals surface area contributed by atoms with Crippen molar-refractivity contribution in [1.29, 1.82) is 0 Å². The number of pyridine rings is 3. The summed E-state index contributed by atoms with van der Waals surface area (Å²) in [5.41, 5.74) is 0.469. The zero-order chi connectivity index (χ0) is 31.4. The molecule has 10 nitrogen and oxygen atoms in total. The first kappa shape index (κ1) is 30.0. The molecule has 3 heterocycles. The number of rotatable bonds is 10. The maximum atomic E-state index is 15.2. The summed E-state index contributed by atoms with van der Waals surface area (Å²) in [5, 5.41) is 2.50. The molecule has 0 aliphatic carbocycles. The van der Waals surface area contributed by atoms with Crippen molar-refractivity contribution < 1.29 is 32.6 Å². The SMILES string of the molecule is COCCOc1cnc2c(Oc3ccc(NC(=O)c4cc(C(C)=O)c(C)n(-c5ccc(F)cc5)c4=O)cc3F)ccnc2c1. The smallest absolute Gasteiger partial charge is 0.268 e. The van der Waals surface area contributed by atoms with E-state index in [-0.39, 0.29) is 45.5 Å². The maximum absolute atomic E-state index is 15.2. The van der Waals surface area contributed by atoms with Gasteiger partial charge in [-0.25, -0.2) is 13.8 Å². The third-order valence-corrected chi connectivity index (χ3v) is 6.64. The van der Waals surface area contributed by atoms with E-state index >= 15 is 4.39 Å². The molecule has 12 heteroatoms. The molecule has 1 N–H and O–H groups in total. The van der Waals surface area contributed by atoms with Gasteiger partial charge in [-0.1, -0.05) is 0 Å². The van der Waals surface area contributed by atoms with E-state index in [9.17, 15) is 18.8 Å². The first-order valence-electron chi connectivity index (χ1n) is 13.3. The summed E-state index contributed by atoms with van der Waals surface area (Å²) in [6.45, 7) is 3.59. The number of fused-ring (bicyclic) bond motifs is 1. The zero-order valence-corrected chi connectivity index (χ0v) is 23.9. The van der Waals surface area contributed by atoms with Crippen LogP contribution in [0.25, 0.3) is 16.7 Å². The molecule has 0 aliphatic heterocycles. The lowest BCUT2D eigenvalue weighted by atomic mass is 10.1. The van der Waals surface area contributed by atoms with E-state index in [0.29, 0.717) is 30.0 Å². The largest absolute Gasteiger partial charge is 0.489 e. The van der Waals surface area contributed by atoms with Gasteiger partial charge < -0.3 is 19.5 Å². The number of halogens is 2. The number of nitrogens with one attached hydrogen (secondary N) is 1. The van der Waals surface area contributed by atoms with Gasteiger partial charge in [-0.05, 0) is 56.3 Å². The number of carbonyl (C=O) groups excluding carboxylic acids is 2. The number of carbonyl (C=O) groups is 2. The molecule has 0 unspecified atom stereocenters. The summed E-state index contributed by atoms with van der Waals surface area (Å²) in [4.78, 5) is 47.5. The lowest BCUT2D eigenvalue weighted by molar-refractivity contribution is 0.101. The van der Waals surface area contributed by atoms with Crippen LogP contribution < -0.4 is 20.3 Å². The molecule has 0 radical (unpaired) electrons. The summed E-state index contributed by atoms with van der Waals surface area (Å²) in [7, 11) is 1.57. The molecule has 1 amide bonds. The van der Waals surface area contributed by atoms with Crippen molar-refractivity contribution in [2.45, 2.75) is 13.8 Å². The number of benzene rings is 2. The summed E-state index contributed by atoms with van der Waals surface area (Å²) in [6.07, 6.45) is 2.98. The van der Waals surface area contributed by atoms with Gasteiger partial charge in [-0.15, -0.1) is 0 Å². The van der Waals surface area contributed by atoms with E-state index in [1.807, 2.05) is 0 Å². The number of Topliss-reactive ketones (excluding diaryl/α,β-unsaturated/α-hetero) is 1. The second-order valence-electron chi connectivity index (χ2n) is 9.62. The standard InChI is InChI=1S/C32H26F2N4O6/c1-18-24(19(2)39)16-25(32(41)38(18)22-7-4-20(33)5-8-22)31(40)37-21-6-9-28(26(34)14-21)44-29-10-11-35-27-15-23(17-36-30(27)29)43-13-12-42-3/h4-11,14-17H,12-13H2,1-3H3,(H,37,40). The lowest BCUT2D eigenvalue weighted by Crippen LogP contribution is -2.31. The summed E-state index contributed by atoms with van der Waals surface area (Å²) in [6, 6.07) is 13.2. The molecular formula is C32H26F2N4O6. The van der Waals surface area contributed by atoms with Gasteiger partial charge in [0.05, 0.1) is 18.3 Å². The minimum absolute atomic E-state index is 0.0353. The first-order chi connectivity index (χ1) is 21.2. The summed E-state index contributed by atoms with van der Waals surface area (Å²) >= 11 is 0. The molecule has 5 rings (SSSR count). The van der Waals surface area contributed by atoms with Crippen LogP contribution >= 0.6 is 0 Å². The molecule has 0 saturated carbocycles. The topological polar surface area (TPSA) is 122 Å². The van der Waals surface area contributed by atoms with E-state index in [1.165, 1.54) is 55.7 Å². The molecule has 0 aliphatic rings. The second-order valence-corrected chi connectivity index (χ2v) is 9.62. The minimum atomic E-state index is -0.866. The molecule has 0 fully saturated rings. The zero-order valence-electron chi connectivity index (χ0n) is 23.9. The number of ether oxygens (including phenoxy) is 3. The van der Waals surface area contributed by atoms with Crippen LogP contribution in [-0.4, -0.2) is 46.5 Å². The van der Waals surface area contributed by atoms with Crippen LogP contribution in [0.1, 0.15) is 33.3 Å². The van der Waals surface area contributed by atoms with E-state index < -0.39 is 23.1 Å². The van der Waals surface area contributed by atoms with Crippen LogP contribution in [0.5, 0.6) is 17.2 Å².